The van der Waals surface area contributed by atoms with Crippen molar-refractivity contribution >= 4 is 51.1 Å². The van der Waals surface area contributed by atoms with Gasteiger partial charge in [0.2, 0.25) is 0 Å². The van der Waals surface area contributed by atoms with Gasteiger partial charge in [0, 0.05) is 48.1 Å². The van der Waals surface area contributed by atoms with Crippen LogP contribution in [0.4, 0.5) is 23.0 Å². The summed E-state index contributed by atoms with van der Waals surface area (Å²) < 4.78 is 10.3. The van der Waals surface area contributed by atoms with E-state index in [-0.39, 0.29) is 0 Å². The minimum atomic E-state index is 0.421. The van der Waals surface area contributed by atoms with Crippen molar-refractivity contribution in [3.63, 3.8) is 0 Å². The number of aromatic nitrogens is 6. The number of anilines is 4. The van der Waals surface area contributed by atoms with Crippen LogP contribution in [0.2, 0.25) is 0 Å². The molecule has 0 fully saturated rings. The Bertz CT molecular complexity index is 2600. The summed E-state index contributed by atoms with van der Waals surface area (Å²) in [4.78, 5) is 38.8. The van der Waals surface area contributed by atoms with Gasteiger partial charge in [-0.2, -0.15) is 0 Å². The molecule has 55 heavy (non-hydrogen) atoms. The second-order valence-electron chi connectivity index (χ2n) is 13.2. The molecule has 8 aromatic rings. The van der Waals surface area contributed by atoms with Crippen molar-refractivity contribution in [2.24, 2.45) is 0 Å². The summed E-state index contributed by atoms with van der Waals surface area (Å²) in [5, 5.41) is 12.3. The molecule has 274 valence electrons. The summed E-state index contributed by atoms with van der Waals surface area (Å²) in [5.74, 6) is 3.13. The average Bonchev–Trinajstić information content (AvgIpc) is 4.04. The van der Waals surface area contributed by atoms with Crippen LogP contribution in [0.25, 0.3) is 21.8 Å². The number of fused-ring (bicyclic) bond motifs is 4. The van der Waals surface area contributed by atoms with Gasteiger partial charge in [-0.1, -0.05) is 36.4 Å². The van der Waals surface area contributed by atoms with Gasteiger partial charge >= 0.3 is 0 Å². The summed E-state index contributed by atoms with van der Waals surface area (Å²) in [7, 11) is 0. The van der Waals surface area contributed by atoms with E-state index in [0.717, 1.165) is 111 Å². The smallest absolute Gasteiger partial charge is 0.185 e. The third-order valence-electron chi connectivity index (χ3n) is 9.47. The summed E-state index contributed by atoms with van der Waals surface area (Å²) in [6.45, 7) is 7.87. The molecule has 8 heterocycles. The molecule has 0 spiro atoms. The van der Waals surface area contributed by atoms with Gasteiger partial charge in [0.05, 0.1) is 65.3 Å². The maximum absolute atomic E-state index is 9.99. The lowest BCUT2D eigenvalue weighted by molar-refractivity contribution is 0.110. The van der Waals surface area contributed by atoms with Gasteiger partial charge in [0.15, 0.2) is 12.0 Å². The van der Waals surface area contributed by atoms with Crippen LogP contribution in [-0.4, -0.2) is 41.1 Å². The van der Waals surface area contributed by atoms with Gasteiger partial charge < -0.3 is 24.8 Å². The first-order valence-electron chi connectivity index (χ1n) is 17.8. The summed E-state index contributed by atoms with van der Waals surface area (Å²) in [5.41, 5.74) is 10.3. The van der Waals surface area contributed by atoms with Crippen LogP contribution in [0.15, 0.2) is 119 Å². The van der Waals surface area contributed by atoms with Crippen LogP contribution in [0.5, 0.6) is 0 Å². The molecule has 6 aromatic heterocycles. The van der Waals surface area contributed by atoms with E-state index < -0.39 is 0 Å². The molecule has 0 saturated carbocycles. The van der Waals surface area contributed by atoms with Crippen molar-refractivity contribution in [2.75, 3.05) is 10.6 Å². The topological polar surface area (TPSA) is 160 Å². The Kier molecular flexibility index (Phi) is 10.3. The summed E-state index contributed by atoms with van der Waals surface area (Å²) >= 11 is 0. The fourth-order valence-electron chi connectivity index (χ4n) is 6.49. The number of hydrogen-bond acceptors (Lipinski definition) is 13. The van der Waals surface area contributed by atoms with Gasteiger partial charge in [-0.25, -0.2) is 19.9 Å². The van der Waals surface area contributed by atoms with Gasteiger partial charge in [0.1, 0.15) is 30.1 Å². The zero-order chi connectivity index (χ0) is 37.6. The maximum atomic E-state index is 9.99. The Morgan fingerprint density at radius 3 is 1.91 bits per heavy atom. The molecular weight excluding hydrogens is 693 g/mol. The second kappa shape index (κ2) is 16.0. The first-order valence-corrected chi connectivity index (χ1v) is 17.8. The SMILES string of the molecule is Cc1ccoc1C=O.Cc1ccoc1CN1Cc2ncnc(Nc3cnc4ccccc4c3)c2C1.c1ccc2ncc(Nc3ncnc4c3CNC4)cc2c1. The Balaban J connectivity index is 0.000000133. The molecular formula is C42H38N10O3. The lowest BCUT2D eigenvalue weighted by Crippen LogP contribution is -2.16. The molecule has 0 saturated heterocycles. The Hall–Kier alpha value is -6.83. The number of aldehydes is 1. The van der Waals surface area contributed by atoms with Crippen LogP contribution in [0, 0.1) is 13.8 Å². The van der Waals surface area contributed by atoms with Crippen LogP contribution < -0.4 is 16.0 Å². The highest BCUT2D eigenvalue weighted by Gasteiger charge is 2.25. The first kappa shape index (κ1) is 35.2. The fourth-order valence-corrected chi connectivity index (χ4v) is 6.49. The number of nitrogens with one attached hydrogen (secondary N) is 3. The van der Waals surface area contributed by atoms with Crippen LogP contribution >= 0.6 is 0 Å². The van der Waals surface area contributed by atoms with Gasteiger partial charge in [-0.15, -0.1) is 0 Å². The number of para-hydroxylation sites is 2. The molecule has 2 aliphatic heterocycles. The minimum absolute atomic E-state index is 0.421. The number of rotatable bonds is 7. The van der Waals surface area contributed by atoms with Gasteiger partial charge in [0.25, 0.3) is 0 Å². The average molecular weight is 731 g/mol. The zero-order valence-corrected chi connectivity index (χ0v) is 30.4. The molecule has 2 aliphatic rings. The van der Waals surface area contributed by atoms with E-state index in [4.69, 9.17) is 8.83 Å². The first-order chi connectivity index (χ1) is 27.0. The number of hydrogen-bond donors (Lipinski definition) is 3. The molecule has 0 amide bonds. The lowest BCUT2D eigenvalue weighted by atomic mass is 10.2. The zero-order valence-electron chi connectivity index (χ0n) is 30.4. The monoisotopic (exact) mass is 730 g/mol. The number of pyridine rings is 2. The molecule has 13 heteroatoms. The number of carbonyl (C=O) groups is 1. The second-order valence-corrected chi connectivity index (χ2v) is 13.2. The molecule has 0 radical (unpaired) electrons. The largest absolute Gasteiger partial charge is 0.468 e. The molecule has 10 rings (SSSR count). The molecule has 0 atom stereocenters. The number of nitrogens with zero attached hydrogens (tertiary/aromatic N) is 7. The van der Waals surface area contributed by atoms with Crippen LogP contribution in [-0.2, 0) is 32.7 Å². The third kappa shape index (κ3) is 8.08. The highest BCUT2D eigenvalue weighted by molar-refractivity contribution is 5.83. The molecule has 13 nitrogen and oxygen atoms in total. The standard InChI is InChI=1S/C21H19N5O.C15H13N5.C6H6O2/c1-14-6-7-27-20(14)12-26-10-17-19(11-26)23-13-24-21(17)25-16-8-15-4-2-3-5-18(15)22-9-16;1-2-4-13-10(3-1)5-11(6-17-13)20-15-12-7-16-8-14(12)18-9-19-15;1-5-2-3-8-6(5)4-7/h2-9,13H,10-12H2,1H3,(H,23,24,25);1-6,9,16H,7-8H2,(H,18,19,20);2-4H,1H3. The molecule has 0 bridgehead atoms. The van der Waals surface area contributed by atoms with Crippen molar-refractivity contribution in [3.8, 4) is 0 Å². The van der Waals surface area contributed by atoms with Crippen molar-refractivity contribution in [2.45, 2.75) is 46.6 Å². The van der Waals surface area contributed by atoms with E-state index in [9.17, 15) is 4.79 Å². The number of furan rings is 2. The van der Waals surface area contributed by atoms with Crippen molar-refractivity contribution in [1.82, 2.24) is 40.1 Å². The van der Waals surface area contributed by atoms with E-state index in [2.05, 4.69) is 81.9 Å². The molecule has 0 aliphatic carbocycles. The van der Waals surface area contributed by atoms with E-state index in [1.54, 1.807) is 25.0 Å². The summed E-state index contributed by atoms with van der Waals surface area (Å²) in [6, 6.07) is 24.1. The highest BCUT2D eigenvalue weighted by atomic mass is 16.3. The molecule has 2 aromatic carbocycles. The van der Waals surface area contributed by atoms with E-state index in [1.807, 2.05) is 61.8 Å². The predicted molar refractivity (Wildman–Crippen MR) is 210 cm³/mol. The highest BCUT2D eigenvalue weighted by Crippen LogP contribution is 2.30. The fraction of sp³-hybridized carbons (Fsp3) is 0.167. The minimum Gasteiger partial charge on any atom is -0.468 e. The number of carbonyl (C=O) groups excluding carboxylic acids is 1. The van der Waals surface area contributed by atoms with Crippen LogP contribution in [0.3, 0.4) is 0 Å². The maximum Gasteiger partial charge on any atom is 0.185 e. The Labute approximate surface area is 316 Å². The molecule has 0 unspecified atom stereocenters. The molecule has 3 N–H and O–H groups in total. The van der Waals surface area contributed by atoms with Gasteiger partial charge in [-0.3, -0.25) is 19.7 Å². The Morgan fingerprint density at radius 1 is 0.691 bits per heavy atom. The third-order valence-corrected chi connectivity index (χ3v) is 9.47. The van der Waals surface area contributed by atoms with Crippen molar-refractivity contribution < 1.29 is 13.6 Å². The number of aryl methyl sites for hydroxylation is 2. The number of benzene rings is 2. The van der Waals surface area contributed by atoms with E-state index >= 15 is 0 Å². The van der Waals surface area contributed by atoms with Gasteiger partial charge in [-0.05, 0) is 61.4 Å². The van der Waals surface area contributed by atoms with E-state index in [0.29, 0.717) is 12.0 Å². The van der Waals surface area contributed by atoms with Crippen molar-refractivity contribution in [1.29, 1.82) is 0 Å². The van der Waals surface area contributed by atoms with E-state index in [1.165, 1.54) is 11.8 Å². The quantitative estimate of drug-likeness (QED) is 0.136. The van der Waals surface area contributed by atoms with Crippen LogP contribution in [0.1, 0.15) is 50.0 Å². The lowest BCUT2D eigenvalue weighted by Gasteiger charge is -2.13. The predicted octanol–water partition coefficient (Wildman–Crippen LogP) is 7.96. The normalized spacial score (nSPS) is 13.0. The van der Waals surface area contributed by atoms with Crippen molar-refractivity contribution in [3.05, 3.63) is 156 Å². The summed E-state index contributed by atoms with van der Waals surface area (Å²) in [6.07, 6.45) is 10.8. The Morgan fingerprint density at radius 2 is 1.31 bits per heavy atom.